The van der Waals surface area contributed by atoms with Crippen LogP contribution in [-0.2, 0) is 0 Å². The van der Waals surface area contributed by atoms with Gasteiger partial charge in [-0.2, -0.15) is 0 Å². The lowest BCUT2D eigenvalue weighted by Gasteiger charge is -2.17. The van der Waals surface area contributed by atoms with E-state index in [1.165, 1.54) is 0 Å². The normalized spacial score (nSPS) is 20.5. The average Bonchev–Trinajstić information content (AvgIpc) is 2.40. The number of hydrogen-bond donors (Lipinski definition) is 1. The van der Waals surface area contributed by atoms with Gasteiger partial charge in [-0.1, -0.05) is 33.8 Å². The Kier molecular flexibility index (Phi) is 5.97. The fourth-order valence-corrected chi connectivity index (χ4v) is 1.62. The van der Waals surface area contributed by atoms with Crippen LogP contribution in [0.5, 0.6) is 5.75 Å². The highest BCUT2D eigenvalue weighted by Gasteiger charge is 2.14. The summed E-state index contributed by atoms with van der Waals surface area (Å²) in [4.78, 5) is 8.29. The number of anilines is 1. The van der Waals surface area contributed by atoms with Crippen molar-refractivity contribution in [1.29, 1.82) is 0 Å². The van der Waals surface area contributed by atoms with Gasteiger partial charge < -0.3 is 10.5 Å². The number of aliphatic imine (C=N–C) groups is 1. The third-order valence-electron chi connectivity index (χ3n) is 2.43. The Hall–Kier alpha value is -2.10. The van der Waals surface area contributed by atoms with Gasteiger partial charge in [0.05, 0.1) is 12.7 Å². The zero-order chi connectivity index (χ0) is 15.0. The number of nitrogens with zero attached hydrogens (tertiary/aromatic N) is 2. The number of nitrogens with two attached hydrogens (primary N) is 1. The molecule has 20 heavy (non-hydrogen) atoms. The molecule has 0 aliphatic carbocycles. The van der Waals surface area contributed by atoms with Crippen LogP contribution < -0.4 is 10.5 Å². The first-order valence-corrected chi connectivity index (χ1v) is 6.85. The molecule has 0 bridgehead atoms. The molecule has 0 unspecified atom stereocenters. The molecule has 1 aromatic rings. The van der Waals surface area contributed by atoms with Gasteiger partial charge in [0.2, 0.25) is 0 Å². The monoisotopic (exact) mass is 273 g/mol. The highest BCUT2D eigenvalue weighted by atomic mass is 16.5. The molecule has 1 aliphatic heterocycles. The Balaban J connectivity index is 0.000000956. The first-order valence-electron chi connectivity index (χ1n) is 6.85. The van der Waals surface area contributed by atoms with Crippen molar-refractivity contribution in [3.8, 4) is 5.75 Å². The number of ether oxygens (including phenoxy) is 1. The Labute approximate surface area is 121 Å². The Bertz CT molecular complexity index is 499. The zero-order valence-corrected chi connectivity index (χ0v) is 12.6. The van der Waals surface area contributed by atoms with Crippen LogP contribution in [0.2, 0.25) is 0 Å². The van der Waals surface area contributed by atoms with E-state index in [-0.39, 0.29) is 5.41 Å². The third kappa shape index (κ3) is 5.26. The van der Waals surface area contributed by atoms with E-state index in [1.807, 2.05) is 38.3 Å². The van der Waals surface area contributed by atoms with Crippen molar-refractivity contribution in [2.45, 2.75) is 27.7 Å². The Morgan fingerprint density at radius 3 is 2.65 bits per heavy atom. The maximum atomic E-state index is 5.78. The van der Waals surface area contributed by atoms with Crippen LogP contribution in [0.4, 0.5) is 5.82 Å². The van der Waals surface area contributed by atoms with Crippen LogP contribution in [-0.4, -0.2) is 17.7 Å². The molecule has 0 fully saturated rings. The smallest absolute Gasteiger partial charge is 0.145 e. The lowest BCUT2D eigenvalue weighted by atomic mass is 9.93. The van der Waals surface area contributed by atoms with Crippen molar-refractivity contribution >= 4 is 12.0 Å². The number of hydrogen-bond acceptors (Lipinski definition) is 4. The maximum absolute atomic E-state index is 5.78. The lowest BCUT2D eigenvalue weighted by molar-refractivity contribution is 0.431. The zero-order valence-electron chi connectivity index (χ0n) is 12.6. The molecule has 0 saturated carbocycles. The number of nitrogen functional groups attached to an aromatic ring is 1. The summed E-state index contributed by atoms with van der Waals surface area (Å²) < 4.78 is 5.78. The second-order valence-electron chi connectivity index (χ2n) is 4.79. The third-order valence-corrected chi connectivity index (χ3v) is 2.43. The standard InChI is InChI=1S/C14H17N3O.C2H6/c1-14(2)8-11(4-3-7-16-10-14)18-12-5-6-13(15)17-9-12;1-2/h3-6,8-10H,7H2,1-2H3,(H2,15,17);1-2H3/b4-3-,11-8+,16-10?;. The van der Waals surface area contributed by atoms with E-state index in [9.17, 15) is 0 Å². The molecule has 0 saturated heterocycles. The summed E-state index contributed by atoms with van der Waals surface area (Å²) in [5.41, 5.74) is 5.41. The maximum Gasteiger partial charge on any atom is 0.145 e. The summed E-state index contributed by atoms with van der Waals surface area (Å²) >= 11 is 0. The SMILES string of the molecule is CC.CC1(C)C=NC/C=C\C(Oc2ccc(N)nc2)=C/1. The van der Waals surface area contributed by atoms with Crippen LogP contribution in [0.1, 0.15) is 27.7 Å². The van der Waals surface area contributed by atoms with Crippen LogP contribution in [0.3, 0.4) is 0 Å². The first kappa shape index (κ1) is 16.0. The summed E-state index contributed by atoms with van der Waals surface area (Å²) in [5, 5.41) is 0. The summed E-state index contributed by atoms with van der Waals surface area (Å²) in [6.45, 7) is 8.84. The summed E-state index contributed by atoms with van der Waals surface area (Å²) in [6.07, 6.45) is 9.46. The molecule has 2 heterocycles. The molecule has 0 radical (unpaired) electrons. The molecule has 4 heteroatoms. The van der Waals surface area contributed by atoms with Crippen LogP contribution >= 0.6 is 0 Å². The molecule has 2 N–H and O–H groups in total. The van der Waals surface area contributed by atoms with Gasteiger partial charge in [-0.05, 0) is 24.3 Å². The minimum Gasteiger partial charge on any atom is -0.456 e. The molecule has 0 amide bonds. The number of aromatic nitrogens is 1. The van der Waals surface area contributed by atoms with Crippen molar-refractivity contribution in [3.05, 3.63) is 42.3 Å². The highest BCUT2D eigenvalue weighted by Crippen LogP contribution is 2.21. The highest BCUT2D eigenvalue weighted by molar-refractivity contribution is 5.68. The minimum absolute atomic E-state index is 0.124. The molecule has 0 atom stereocenters. The van der Waals surface area contributed by atoms with E-state index in [2.05, 4.69) is 23.8 Å². The van der Waals surface area contributed by atoms with E-state index in [1.54, 1.807) is 18.3 Å². The van der Waals surface area contributed by atoms with E-state index in [4.69, 9.17) is 10.5 Å². The van der Waals surface area contributed by atoms with E-state index in [0.717, 1.165) is 5.76 Å². The number of allylic oxidation sites excluding steroid dienone is 2. The topological polar surface area (TPSA) is 60.5 Å². The molecule has 2 rings (SSSR count). The van der Waals surface area contributed by atoms with Gasteiger partial charge in [0.15, 0.2) is 0 Å². The Morgan fingerprint density at radius 1 is 1.25 bits per heavy atom. The second kappa shape index (κ2) is 7.48. The molecule has 108 valence electrons. The molecular formula is C16H23N3O. The summed E-state index contributed by atoms with van der Waals surface area (Å²) in [5.74, 6) is 1.95. The Morgan fingerprint density at radius 2 is 2.00 bits per heavy atom. The molecule has 1 aliphatic rings. The molecule has 0 spiro atoms. The van der Waals surface area contributed by atoms with E-state index < -0.39 is 0 Å². The van der Waals surface area contributed by atoms with Crippen molar-refractivity contribution in [2.75, 3.05) is 12.3 Å². The number of pyridine rings is 1. The molecule has 4 nitrogen and oxygen atoms in total. The van der Waals surface area contributed by atoms with Gasteiger partial charge in [-0.3, -0.25) is 4.99 Å². The van der Waals surface area contributed by atoms with Crippen LogP contribution in [0, 0.1) is 5.41 Å². The fourth-order valence-electron chi connectivity index (χ4n) is 1.62. The van der Waals surface area contributed by atoms with Crippen molar-refractivity contribution in [2.24, 2.45) is 10.4 Å². The molecule has 0 aromatic carbocycles. The average molecular weight is 273 g/mol. The summed E-state index contributed by atoms with van der Waals surface area (Å²) in [7, 11) is 0. The van der Waals surface area contributed by atoms with E-state index >= 15 is 0 Å². The number of rotatable bonds is 2. The predicted molar refractivity (Wildman–Crippen MR) is 85.0 cm³/mol. The predicted octanol–water partition coefficient (Wildman–Crippen LogP) is 3.62. The van der Waals surface area contributed by atoms with Gasteiger partial charge in [0.25, 0.3) is 0 Å². The fraction of sp³-hybridized carbons (Fsp3) is 0.375. The molecular weight excluding hydrogens is 250 g/mol. The minimum atomic E-state index is -0.124. The van der Waals surface area contributed by atoms with Crippen molar-refractivity contribution in [3.63, 3.8) is 0 Å². The quantitative estimate of drug-likeness (QED) is 0.895. The van der Waals surface area contributed by atoms with Gasteiger partial charge in [-0.15, -0.1) is 0 Å². The lowest BCUT2D eigenvalue weighted by Crippen LogP contribution is -2.13. The summed E-state index contributed by atoms with van der Waals surface area (Å²) in [6, 6.07) is 3.52. The van der Waals surface area contributed by atoms with E-state index in [0.29, 0.717) is 18.1 Å². The second-order valence-corrected chi connectivity index (χ2v) is 4.79. The van der Waals surface area contributed by atoms with Gasteiger partial charge in [-0.25, -0.2) is 4.98 Å². The first-order chi connectivity index (χ1) is 9.55. The van der Waals surface area contributed by atoms with Crippen LogP contribution in [0.25, 0.3) is 0 Å². The van der Waals surface area contributed by atoms with Crippen molar-refractivity contribution in [1.82, 2.24) is 4.98 Å². The van der Waals surface area contributed by atoms with Gasteiger partial charge >= 0.3 is 0 Å². The van der Waals surface area contributed by atoms with Crippen LogP contribution in [0.15, 0.2) is 47.3 Å². The largest absolute Gasteiger partial charge is 0.456 e. The van der Waals surface area contributed by atoms with Gasteiger partial charge in [0, 0.05) is 11.6 Å². The molecule has 1 aromatic heterocycles. The van der Waals surface area contributed by atoms with Gasteiger partial charge in [0.1, 0.15) is 17.3 Å². The van der Waals surface area contributed by atoms with Crippen molar-refractivity contribution < 1.29 is 4.74 Å².